The Morgan fingerprint density at radius 1 is 1.10 bits per heavy atom. The van der Waals surface area contributed by atoms with Gasteiger partial charge in [0.05, 0.1) is 37.3 Å². The van der Waals surface area contributed by atoms with Gasteiger partial charge in [-0.2, -0.15) is 28.2 Å². The number of esters is 1. The highest BCUT2D eigenvalue weighted by Crippen LogP contribution is 2.40. The molecule has 0 aliphatic heterocycles. The summed E-state index contributed by atoms with van der Waals surface area (Å²) in [6.07, 6.45) is 3.15. The minimum atomic E-state index is -4.89. The molecule has 0 radical (unpaired) electrons. The maximum absolute atomic E-state index is 15.4. The molecule has 214 valence electrons. The Balaban J connectivity index is 1.73. The van der Waals surface area contributed by atoms with Gasteiger partial charge in [-0.1, -0.05) is 19.3 Å². The standard InChI is InChI=1S/C27H29F4N5O4/c1-16(2)36(25(37)18-7-5-4-6-8-18)22-13-21(28)23(12-19(22)26(38)39-3)40-24-20(27(29,30)31)11-17(14-32-24)15-35-33-9-10-34-35/h9-14,16,18H,4-8,15H2,1-3H3. The molecule has 4 rings (SSSR count). The van der Waals surface area contributed by atoms with Gasteiger partial charge in [0.15, 0.2) is 11.6 Å². The predicted molar refractivity (Wildman–Crippen MR) is 135 cm³/mol. The number of halogens is 4. The van der Waals surface area contributed by atoms with Crippen molar-refractivity contribution in [2.24, 2.45) is 5.92 Å². The van der Waals surface area contributed by atoms with E-state index >= 15 is 4.39 Å². The van der Waals surface area contributed by atoms with Crippen LogP contribution in [-0.2, 0) is 22.3 Å². The summed E-state index contributed by atoms with van der Waals surface area (Å²) in [5.74, 6) is -4.12. The lowest BCUT2D eigenvalue weighted by Crippen LogP contribution is -2.42. The van der Waals surface area contributed by atoms with Gasteiger partial charge in [-0.3, -0.25) is 4.79 Å². The molecule has 0 bridgehead atoms. The summed E-state index contributed by atoms with van der Waals surface area (Å²) in [5, 5.41) is 7.72. The first kappa shape index (κ1) is 29.0. The first-order valence-corrected chi connectivity index (χ1v) is 12.8. The highest BCUT2D eigenvalue weighted by atomic mass is 19.4. The van der Waals surface area contributed by atoms with Crippen molar-refractivity contribution >= 4 is 17.6 Å². The zero-order valence-electron chi connectivity index (χ0n) is 22.2. The number of benzene rings is 1. The first-order valence-electron chi connectivity index (χ1n) is 12.8. The van der Waals surface area contributed by atoms with Crippen molar-refractivity contribution in [1.29, 1.82) is 0 Å². The van der Waals surface area contributed by atoms with E-state index in [1.165, 1.54) is 22.1 Å². The molecule has 1 saturated carbocycles. The molecule has 0 unspecified atom stereocenters. The lowest BCUT2D eigenvalue weighted by atomic mass is 9.87. The molecule has 0 atom stereocenters. The van der Waals surface area contributed by atoms with Gasteiger partial charge in [-0.25, -0.2) is 14.2 Å². The summed E-state index contributed by atoms with van der Waals surface area (Å²) < 4.78 is 67.4. The number of carbonyl (C=O) groups is 2. The second-order valence-corrected chi connectivity index (χ2v) is 9.78. The Kier molecular flexibility index (Phi) is 8.70. The molecule has 13 heteroatoms. The smallest absolute Gasteiger partial charge is 0.421 e. The summed E-state index contributed by atoms with van der Waals surface area (Å²) in [6.45, 7) is 3.37. The number of anilines is 1. The van der Waals surface area contributed by atoms with Crippen LogP contribution in [0.5, 0.6) is 11.6 Å². The van der Waals surface area contributed by atoms with Gasteiger partial charge in [0.1, 0.15) is 5.56 Å². The number of amides is 1. The second kappa shape index (κ2) is 12.0. The van der Waals surface area contributed by atoms with Crippen LogP contribution in [0.1, 0.15) is 67.4 Å². The highest BCUT2D eigenvalue weighted by molar-refractivity contribution is 6.04. The van der Waals surface area contributed by atoms with Gasteiger partial charge in [0, 0.05) is 30.3 Å². The topological polar surface area (TPSA) is 99.4 Å². The Morgan fingerprint density at radius 2 is 1.77 bits per heavy atom. The maximum Gasteiger partial charge on any atom is 0.421 e. The molecule has 1 aliphatic rings. The number of nitrogens with zero attached hydrogens (tertiary/aromatic N) is 5. The summed E-state index contributed by atoms with van der Waals surface area (Å²) in [4.78, 5) is 32.5. The molecule has 40 heavy (non-hydrogen) atoms. The van der Waals surface area contributed by atoms with Crippen LogP contribution in [0.4, 0.5) is 23.2 Å². The molecule has 3 aromatic rings. The fourth-order valence-corrected chi connectivity index (χ4v) is 4.75. The molecule has 1 aliphatic carbocycles. The van der Waals surface area contributed by atoms with E-state index < -0.39 is 41.2 Å². The largest absolute Gasteiger partial charge is 0.465 e. The van der Waals surface area contributed by atoms with Gasteiger partial charge in [0.25, 0.3) is 0 Å². The van der Waals surface area contributed by atoms with Crippen molar-refractivity contribution in [1.82, 2.24) is 20.0 Å². The van der Waals surface area contributed by atoms with Crippen molar-refractivity contribution < 1.29 is 36.6 Å². The third kappa shape index (κ3) is 6.40. The molecule has 0 spiro atoms. The normalized spacial score (nSPS) is 14.3. The van der Waals surface area contributed by atoms with Gasteiger partial charge in [-0.15, -0.1) is 0 Å². The zero-order chi connectivity index (χ0) is 29.0. The summed E-state index contributed by atoms with van der Waals surface area (Å²) in [5.41, 5.74) is -1.40. The second-order valence-electron chi connectivity index (χ2n) is 9.78. The monoisotopic (exact) mass is 563 g/mol. The van der Waals surface area contributed by atoms with Crippen molar-refractivity contribution in [3.05, 3.63) is 59.3 Å². The molecule has 1 amide bonds. The van der Waals surface area contributed by atoms with Crippen molar-refractivity contribution in [3.63, 3.8) is 0 Å². The van der Waals surface area contributed by atoms with E-state index in [-0.39, 0.29) is 35.2 Å². The average Bonchev–Trinajstić information content (AvgIpc) is 3.43. The molecule has 1 aromatic carbocycles. The van der Waals surface area contributed by atoms with Crippen LogP contribution in [0.25, 0.3) is 0 Å². The van der Waals surface area contributed by atoms with Crippen molar-refractivity contribution in [2.45, 2.75) is 64.7 Å². The molecule has 0 N–H and O–H groups in total. The highest BCUT2D eigenvalue weighted by Gasteiger charge is 2.37. The van der Waals surface area contributed by atoms with Crippen molar-refractivity contribution in [2.75, 3.05) is 12.0 Å². The van der Waals surface area contributed by atoms with E-state index in [1.54, 1.807) is 13.8 Å². The molecule has 1 fully saturated rings. The van der Waals surface area contributed by atoms with E-state index in [2.05, 4.69) is 15.2 Å². The SMILES string of the molecule is COC(=O)c1cc(Oc2ncc(Cn3nccn3)cc2C(F)(F)F)c(F)cc1N(C(=O)C1CCCCC1)C(C)C. The van der Waals surface area contributed by atoms with Crippen LogP contribution < -0.4 is 9.64 Å². The van der Waals surface area contributed by atoms with E-state index in [4.69, 9.17) is 9.47 Å². The summed E-state index contributed by atoms with van der Waals surface area (Å²) in [6, 6.07) is 2.21. The number of carbonyl (C=O) groups excluding carboxylic acids is 2. The number of aromatic nitrogens is 4. The van der Waals surface area contributed by atoms with E-state index in [9.17, 15) is 22.8 Å². The number of alkyl halides is 3. The Bertz CT molecular complexity index is 1360. The van der Waals surface area contributed by atoms with Crippen LogP contribution in [0, 0.1) is 11.7 Å². The number of pyridine rings is 1. The molecule has 9 nitrogen and oxygen atoms in total. The minimum absolute atomic E-state index is 0.0478. The molecule has 2 aromatic heterocycles. The first-order chi connectivity index (χ1) is 19.0. The Hall–Kier alpha value is -4.03. The van der Waals surface area contributed by atoms with E-state index in [0.29, 0.717) is 12.8 Å². The van der Waals surface area contributed by atoms with Crippen LogP contribution >= 0.6 is 0 Å². The predicted octanol–water partition coefficient (Wildman–Crippen LogP) is 5.78. The van der Waals surface area contributed by atoms with Crippen LogP contribution in [0.2, 0.25) is 0 Å². The number of rotatable bonds is 8. The van der Waals surface area contributed by atoms with E-state index in [0.717, 1.165) is 50.8 Å². The fraction of sp³-hybridized carbons (Fsp3) is 0.444. The van der Waals surface area contributed by atoms with Crippen molar-refractivity contribution in [3.8, 4) is 11.6 Å². The zero-order valence-corrected chi connectivity index (χ0v) is 22.2. The number of methoxy groups -OCH3 is 1. The molecule has 2 heterocycles. The van der Waals surface area contributed by atoms with Gasteiger partial charge < -0.3 is 14.4 Å². The average molecular weight is 564 g/mol. The van der Waals surface area contributed by atoms with Crippen LogP contribution in [-0.4, -0.2) is 45.0 Å². The lowest BCUT2D eigenvalue weighted by Gasteiger charge is -2.33. The van der Waals surface area contributed by atoms with Gasteiger partial charge in [0.2, 0.25) is 11.8 Å². The third-order valence-electron chi connectivity index (χ3n) is 6.63. The lowest BCUT2D eigenvalue weighted by molar-refractivity contribution is -0.139. The molecular weight excluding hydrogens is 534 g/mol. The number of hydrogen-bond acceptors (Lipinski definition) is 7. The Morgan fingerprint density at radius 3 is 2.38 bits per heavy atom. The Labute approximate surface area is 228 Å². The van der Waals surface area contributed by atoms with E-state index in [1.807, 2.05) is 0 Å². The quantitative estimate of drug-likeness (QED) is 0.253. The third-order valence-corrected chi connectivity index (χ3v) is 6.63. The molecular formula is C27H29F4N5O4. The summed E-state index contributed by atoms with van der Waals surface area (Å²) >= 11 is 0. The maximum atomic E-state index is 15.4. The number of hydrogen-bond donors (Lipinski definition) is 0. The van der Waals surface area contributed by atoms with Gasteiger partial charge in [-0.05, 0) is 38.3 Å². The van der Waals surface area contributed by atoms with Crippen LogP contribution in [0.15, 0.2) is 36.8 Å². The van der Waals surface area contributed by atoms with Crippen LogP contribution in [0.3, 0.4) is 0 Å². The summed E-state index contributed by atoms with van der Waals surface area (Å²) in [7, 11) is 1.11. The molecule has 0 saturated heterocycles. The number of ether oxygens (including phenoxy) is 2. The van der Waals surface area contributed by atoms with Gasteiger partial charge >= 0.3 is 12.1 Å². The fourth-order valence-electron chi connectivity index (χ4n) is 4.75. The minimum Gasteiger partial charge on any atom is -0.465 e.